The molecule has 0 spiro atoms. The average Bonchev–Trinajstić information content (AvgIpc) is 2.54. The molecule has 4 heteroatoms. The molecular formula is C17H21N3O. The number of hydrogen-bond donors (Lipinski definition) is 1. The molecule has 1 aliphatic rings. The van der Waals surface area contributed by atoms with Crippen LogP contribution in [-0.4, -0.2) is 34.9 Å². The minimum Gasteiger partial charge on any atom is -0.334 e. The molecule has 1 amide bonds. The van der Waals surface area contributed by atoms with Crippen LogP contribution in [0.2, 0.25) is 0 Å². The Labute approximate surface area is 125 Å². The van der Waals surface area contributed by atoms with Gasteiger partial charge in [-0.1, -0.05) is 24.3 Å². The summed E-state index contributed by atoms with van der Waals surface area (Å²) in [5.41, 5.74) is 7.09. The van der Waals surface area contributed by atoms with Crippen LogP contribution in [0.1, 0.15) is 36.2 Å². The maximum absolute atomic E-state index is 12.8. The average molecular weight is 283 g/mol. The van der Waals surface area contributed by atoms with E-state index < -0.39 is 0 Å². The molecule has 0 bridgehead atoms. The maximum Gasteiger partial charge on any atom is 0.272 e. The number of likely N-dealkylation sites (tertiary alicyclic amines) is 1. The van der Waals surface area contributed by atoms with Crippen molar-refractivity contribution in [2.24, 2.45) is 5.73 Å². The van der Waals surface area contributed by atoms with Crippen LogP contribution in [-0.2, 0) is 0 Å². The molecule has 1 fully saturated rings. The van der Waals surface area contributed by atoms with Gasteiger partial charge in [0.1, 0.15) is 5.69 Å². The van der Waals surface area contributed by atoms with Gasteiger partial charge in [0.05, 0.1) is 5.52 Å². The van der Waals surface area contributed by atoms with Crippen LogP contribution in [0.5, 0.6) is 0 Å². The van der Waals surface area contributed by atoms with Crippen LogP contribution >= 0.6 is 0 Å². The van der Waals surface area contributed by atoms with Crippen LogP contribution < -0.4 is 5.73 Å². The fourth-order valence-electron chi connectivity index (χ4n) is 3.09. The molecule has 2 aromatic rings. The monoisotopic (exact) mass is 283 g/mol. The number of nitrogens with two attached hydrogens (primary N) is 1. The van der Waals surface area contributed by atoms with E-state index in [1.165, 1.54) is 6.42 Å². The van der Waals surface area contributed by atoms with Gasteiger partial charge in [-0.2, -0.15) is 0 Å². The molecule has 3 rings (SSSR count). The second kappa shape index (κ2) is 6.22. The molecule has 2 heterocycles. The van der Waals surface area contributed by atoms with Gasteiger partial charge in [-0.15, -0.1) is 0 Å². The van der Waals surface area contributed by atoms with E-state index in [4.69, 9.17) is 5.73 Å². The van der Waals surface area contributed by atoms with Crippen molar-refractivity contribution in [3.8, 4) is 0 Å². The zero-order valence-corrected chi connectivity index (χ0v) is 12.2. The molecule has 1 atom stereocenters. The number of amides is 1. The molecule has 4 nitrogen and oxygen atoms in total. The summed E-state index contributed by atoms with van der Waals surface area (Å²) in [4.78, 5) is 19.2. The minimum absolute atomic E-state index is 0.0407. The number of hydrogen-bond acceptors (Lipinski definition) is 3. The minimum atomic E-state index is 0.0407. The van der Waals surface area contributed by atoms with Crippen molar-refractivity contribution in [1.82, 2.24) is 9.88 Å². The lowest BCUT2D eigenvalue weighted by atomic mass is 9.99. The topological polar surface area (TPSA) is 59.2 Å². The van der Waals surface area contributed by atoms with Gasteiger partial charge in [0.2, 0.25) is 0 Å². The molecule has 21 heavy (non-hydrogen) atoms. The van der Waals surface area contributed by atoms with E-state index in [0.29, 0.717) is 12.2 Å². The molecule has 0 saturated carbocycles. The molecule has 2 N–H and O–H groups in total. The van der Waals surface area contributed by atoms with Gasteiger partial charge < -0.3 is 10.6 Å². The highest BCUT2D eigenvalue weighted by atomic mass is 16.2. The standard InChI is InChI=1S/C17H21N3O/c18-11-10-14-6-3-4-12-20(14)17(21)16-9-8-13-5-1-2-7-15(13)19-16/h1-2,5,7-9,14H,3-4,6,10-12,18H2. The van der Waals surface area contributed by atoms with Crippen molar-refractivity contribution in [1.29, 1.82) is 0 Å². The van der Waals surface area contributed by atoms with Crippen LogP contribution in [0.25, 0.3) is 10.9 Å². The molecule has 0 aliphatic carbocycles. The highest BCUT2D eigenvalue weighted by Gasteiger charge is 2.27. The summed E-state index contributed by atoms with van der Waals surface area (Å²) in [5, 5.41) is 1.06. The van der Waals surface area contributed by atoms with E-state index in [1.807, 2.05) is 41.3 Å². The van der Waals surface area contributed by atoms with Crippen molar-refractivity contribution < 1.29 is 4.79 Å². The SMILES string of the molecule is NCCC1CCCCN1C(=O)c1ccc2ccccc2n1. The Morgan fingerprint density at radius 3 is 2.95 bits per heavy atom. The summed E-state index contributed by atoms with van der Waals surface area (Å²) < 4.78 is 0. The third kappa shape index (κ3) is 2.90. The summed E-state index contributed by atoms with van der Waals surface area (Å²) in [6, 6.07) is 11.9. The summed E-state index contributed by atoms with van der Waals surface area (Å²) in [6.07, 6.45) is 4.18. The smallest absolute Gasteiger partial charge is 0.272 e. The number of carbonyl (C=O) groups is 1. The first-order valence-electron chi connectivity index (χ1n) is 7.66. The van der Waals surface area contributed by atoms with E-state index in [2.05, 4.69) is 4.98 Å². The van der Waals surface area contributed by atoms with Gasteiger partial charge in [-0.3, -0.25) is 4.79 Å². The van der Waals surface area contributed by atoms with Crippen molar-refractivity contribution >= 4 is 16.8 Å². The number of piperidine rings is 1. The lowest BCUT2D eigenvalue weighted by molar-refractivity contribution is 0.0599. The van der Waals surface area contributed by atoms with E-state index in [0.717, 1.165) is 36.7 Å². The van der Waals surface area contributed by atoms with Gasteiger partial charge in [0, 0.05) is 18.0 Å². The van der Waals surface area contributed by atoms with Crippen LogP contribution in [0.15, 0.2) is 36.4 Å². The molecule has 1 saturated heterocycles. The summed E-state index contributed by atoms with van der Waals surface area (Å²) >= 11 is 0. The third-order valence-corrected chi connectivity index (χ3v) is 4.21. The first-order chi connectivity index (χ1) is 10.3. The van der Waals surface area contributed by atoms with Crippen molar-refractivity contribution in [2.75, 3.05) is 13.1 Å². The second-order valence-electron chi connectivity index (χ2n) is 5.61. The molecule has 1 unspecified atom stereocenters. The molecule has 110 valence electrons. The maximum atomic E-state index is 12.8. The first kappa shape index (κ1) is 14.0. The van der Waals surface area contributed by atoms with Crippen molar-refractivity contribution in [3.63, 3.8) is 0 Å². The Balaban J connectivity index is 1.87. The highest BCUT2D eigenvalue weighted by molar-refractivity contribution is 5.95. The quantitative estimate of drug-likeness (QED) is 0.942. The fourth-order valence-corrected chi connectivity index (χ4v) is 3.09. The van der Waals surface area contributed by atoms with Crippen molar-refractivity contribution in [2.45, 2.75) is 31.7 Å². The predicted octanol–water partition coefficient (Wildman–Crippen LogP) is 2.58. The highest BCUT2D eigenvalue weighted by Crippen LogP contribution is 2.22. The zero-order chi connectivity index (χ0) is 14.7. The van der Waals surface area contributed by atoms with Gasteiger partial charge in [-0.05, 0) is 44.4 Å². The van der Waals surface area contributed by atoms with E-state index in [9.17, 15) is 4.79 Å². The van der Waals surface area contributed by atoms with Gasteiger partial charge in [0.25, 0.3) is 5.91 Å². The Hall–Kier alpha value is -1.94. The predicted molar refractivity (Wildman–Crippen MR) is 84.1 cm³/mol. The van der Waals surface area contributed by atoms with Crippen LogP contribution in [0, 0.1) is 0 Å². The lowest BCUT2D eigenvalue weighted by Gasteiger charge is -2.35. The lowest BCUT2D eigenvalue weighted by Crippen LogP contribution is -2.44. The number of carbonyl (C=O) groups excluding carboxylic acids is 1. The molecule has 1 aromatic heterocycles. The number of pyridine rings is 1. The summed E-state index contributed by atoms with van der Waals surface area (Å²) in [7, 11) is 0. The normalized spacial score (nSPS) is 18.9. The van der Waals surface area contributed by atoms with Crippen LogP contribution in [0.3, 0.4) is 0 Å². The van der Waals surface area contributed by atoms with Crippen LogP contribution in [0.4, 0.5) is 0 Å². The van der Waals surface area contributed by atoms with Gasteiger partial charge in [0.15, 0.2) is 0 Å². The summed E-state index contributed by atoms with van der Waals surface area (Å²) in [5.74, 6) is 0.0407. The van der Waals surface area contributed by atoms with E-state index in [-0.39, 0.29) is 11.9 Å². The molecular weight excluding hydrogens is 262 g/mol. The molecule has 0 radical (unpaired) electrons. The first-order valence-corrected chi connectivity index (χ1v) is 7.66. The Morgan fingerprint density at radius 2 is 2.10 bits per heavy atom. The Kier molecular flexibility index (Phi) is 4.15. The zero-order valence-electron chi connectivity index (χ0n) is 12.2. The number of para-hydroxylation sites is 1. The number of fused-ring (bicyclic) bond motifs is 1. The van der Waals surface area contributed by atoms with Crippen molar-refractivity contribution in [3.05, 3.63) is 42.1 Å². The Bertz CT molecular complexity index is 639. The van der Waals surface area contributed by atoms with Gasteiger partial charge in [-0.25, -0.2) is 4.98 Å². The number of rotatable bonds is 3. The summed E-state index contributed by atoms with van der Waals surface area (Å²) in [6.45, 7) is 1.44. The third-order valence-electron chi connectivity index (χ3n) is 4.21. The van der Waals surface area contributed by atoms with E-state index >= 15 is 0 Å². The number of aromatic nitrogens is 1. The van der Waals surface area contributed by atoms with E-state index in [1.54, 1.807) is 0 Å². The molecule has 1 aromatic carbocycles. The Morgan fingerprint density at radius 1 is 1.24 bits per heavy atom. The fraction of sp³-hybridized carbons (Fsp3) is 0.412. The molecule has 1 aliphatic heterocycles. The second-order valence-corrected chi connectivity index (χ2v) is 5.61. The number of benzene rings is 1. The van der Waals surface area contributed by atoms with Gasteiger partial charge >= 0.3 is 0 Å². The largest absolute Gasteiger partial charge is 0.334 e. The number of nitrogens with zero attached hydrogens (tertiary/aromatic N) is 2.